The molecule has 1 amide bonds. The molecule has 0 spiro atoms. The number of carbonyl (C=O) groups is 1. The molecule has 4 nitrogen and oxygen atoms in total. The van der Waals surface area contributed by atoms with E-state index in [4.69, 9.17) is 0 Å². The lowest BCUT2D eigenvalue weighted by molar-refractivity contribution is 0.0949. The number of nitrogens with one attached hydrogen (secondary N) is 1. The molecular weight excluding hydrogens is 238 g/mol. The lowest BCUT2D eigenvalue weighted by Gasteiger charge is -2.08. The van der Waals surface area contributed by atoms with E-state index in [0.29, 0.717) is 18.0 Å². The summed E-state index contributed by atoms with van der Waals surface area (Å²) in [5, 5.41) is 2.74. The van der Waals surface area contributed by atoms with Crippen molar-refractivity contribution >= 4 is 15.7 Å². The fourth-order valence-corrected chi connectivity index (χ4v) is 1.93. The zero-order valence-electron chi connectivity index (χ0n) is 10.2. The van der Waals surface area contributed by atoms with E-state index in [1.807, 2.05) is 13.8 Å². The highest BCUT2D eigenvalue weighted by atomic mass is 32.2. The van der Waals surface area contributed by atoms with Gasteiger partial charge in [-0.05, 0) is 24.1 Å². The molecule has 1 aromatic rings. The molecule has 0 fully saturated rings. The van der Waals surface area contributed by atoms with Crippen LogP contribution < -0.4 is 5.32 Å². The number of amides is 1. The molecule has 1 N–H and O–H groups in total. The second-order valence-corrected chi connectivity index (χ2v) is 6.42. The van der Waals surface area contributed by atoms with Gasteiger partial charge in [0.2, 0.25) is 0 Å². The standard InChI is InChI=1S/C12H17NO3S/c1-9(2)8-13-12(14)10-5-4-6-11(7-10)17(3,15)16/h4-7,9H,8H2,1-3H3,(H,13,14). The maximum atomic E-state index is 11.7. The third-order valence-corrected chi connectivity index (χ3v) is 3.31. The van der Waals surface area contributed by atoms with Crippen molar-refractivity contribution in [1.82, 2.24) is 5.32 Å². The first kappa shape index (κ1) is 13.7. The maximum absolute atomic E-state index is 11.7. The van der Waals surface area contributed by atoms with Crippen molar-refractivity contribution in [3.63, 3.8) is 0 Å². The molecule has 0 aromatic heterocycles. The van der Waals surface area contributed by atoms with Gasteiger partial charge in [0, 0.05) is 18.4 Å². The first-order valence-corrected chi connectivity index (χ1v) is 7.28. The second-order valence-electron chi connectivity index (χ2n) is 4.40. The van der Waals surface area contributed by atoms with Crippen molar-refractivity contribution in [3.05, 3.63) is 29.8 Å². The molecule has 1 aromatic carbocycles. The summed E-state index contributed by atoms with van der Waals surface area (Å²) >= 11 is 0. The molecule has 0 atom stereocenters. The van der Waals surface area contributed by atoms with E-state index >= 15 is 0 Å². The molecule has 0 radical (unpaired) electrons. The van der Waals surface area contributed by atoms with Gasteiger partial charge in [-0.1, -0.05) is 19.9 Å². The average Bonchev–Trinajstić information content (AvgIpc) is 2.25. The lowest BCUT2D eigenvalue weighted by Crippen LogP contribution is -2.27. The Bertz CT molecular complexity index is 506. The Labute approximate surface area is 102 Å². The number of hydrogen-bond donors (Lipinski definition) is 1. The molecule has 0 saturated carbocycles. The largest absolute Gasteiger partial charge is 0.352 e. The molecule has 5 heteroatoms. The van der Waals surface area contributed by atoms with Crippen molar-refractivity contribution in [2.24, 2.45) is 5.92 Å². The van der Waals surface area contributed by atoms with Gasteiger partial charge in [-0.3, -0.25) is 4.79 Å². The highest BCUT2D eigenvalue weighted by Crippen LogP contribution is 2.11. The van der Waals surface area contributed by atoms with Crippen LogP contribution in [-0.4, -0.2) is 27.1 Å². The summed E-state index contributed by atoms with van der Waals surface area (Å²) in [4.78, 5) is 11.9. The van der Waals surface area contributed by atoms with E-state index in [1.165, 1.54) is 12.1 Å². The quantitative estimate of drug-likeness (QED) is 0.886. The molecule has 0 unspecified atom stereocenters. The summed E-state index contributed by atoms with van der Waals surface area (Å²) in [7, 11) is -3.27. The second kappa shape index (κ2) is 5.31. The topological polar surface area (TPSA) is 63.2 Å². The normalized spacial score (nSPS) is 11.5. The summed E-state index contributed by atoms with van der Waals surface area (Å²) < 4.78 is 22.7. The molecule has 0 aliphatic heterocycles. The van der Waals surface area contributed by atoms with Crippen molar-refractivity contribution in [3.8, 4) is 0 Å². The van der Waals surface area contributed by atoms with Crippen molar-refractivity contribution < 1.29 is 13.2 Å². The summed E-state index contributed by atoms with van der Waals surface area (Å²) in [6.07, 6.45) is 1.12. The summed E-state index contributed by atoms with van der Waals surface area (Å²) in [5.74, 6) is 0.112. The van der Waals surface area contributed by atoms with Gasteiger partial charge >= 0.3 is 0 Å². The Kier molecular flexibility index (Phi) is 4.28. The minimum atomic E-state index is -3.27. The van der Waals surface area contributed by atoms with Crippen LogP contribution in [0.5, 0.6) is 0 Å². The number of rotatable bonds is 4. The van der Waals surface area contributed by atoms with Gasteiger partial charge in [0.1, 0.15) is 0 Å². The number of hydrogen-bond acceptors (Lipinski definition) is 3. The van der Waals surface area contributed by atoms with Gasteiger partial charge < -0.3 is 5.32 Å². The fraction of sp³-hybridized carbons (Fsp3) is 0.417. The predicted octanol–water partition coefficient (Wildman–Crippen LogP) is 1.48. The Balaban J connectivity index is 2.89. The molecular formula is C12H17NO3S. The van der Waals surface area contributed by atoms with E-state index < -0.39 is 9.84 Å². The SMILES string of the molecule is CC(C)CNC(=O)c1cccc(S(C)(=O)=O)c1. The van der Waals surface area contributed by atoms with Crippen LogP contribution in [0, 0.1) is 5.92 Å². The maximum Gasteiger partial charge on any atom is 0.251 e. The molecule has 0 aliphatic carbocycles. The predicted molar refractivity (Wildman–Crippen MR) is 66.7 cm³/mol. The van der Waals surface area contributed by atoms with Crippen LogP contribution >= 0.6 is 0 Å². The summed E-state index contributed by atoms with van der Waals surface area (Å²) in [5.41, 5.74) is 0.369. The molecule has 0 saturated heterocycles. The number of carbonyl (C=O) groups excluding carboxylic acids is 1. The van der Waals surface area contributed by atoms with Crippen LogP contribution in [0.3, 0.4) is 0 Å². The summed E-state index contributed by atoms with van der Waals surface area (Å²) in [6, 6.07) is 6.05. The van der Waals surface area contributed by atoms with Crippen LogP contribution in [0.1, 0.15) is 24.2 Å². The minimum Gasteiger partial charge on any atom is -0.352 e. The first-order chi connectivity index (χ1) is 7.80. The molecule has 0 bridgehead atoms. The van der Waals surface area contributed by atoms with E-state index in [9.17, 15) is 13.2 Å². The Morgan fingerprint density at radius 1 is 1.35 bits per heavy atom. The summed E-state index contributed by atoms with van der Waals surface area (Å²) in [6.45, 7) is 4.56. The molecule has 0 aliphatic rings. The van der Waals surface area contributed by atoms with Gasteiger partial charge in [0.25, 0.3) is 5.91 Å². The fourth-order valence-electron chi connectivity index (χ4n) is 1.27. The smallest absolute Gasteiger partial charge is 0.251 e. The third kappa shape index (κ3) is 4.19. The third-order valence-electron chi connectivity index (χ3n) is 2.20. The monoisotopic (exact) mass is 255 g/mol. The van der Waals surface area contributed by atoms with E-state index in [1.54, 1.807) is 12.1 Å². The first-order valence-electron chi connectivity index (χ1n) is 5.39. The van der Waals surface area contributed by atoms with Gasteiger partial charge in [-0.25, -0.2) is 8.42 Å². The van der Waals surface area contributed by atoms with Gasteiger partial charge in [0.05, 0.1) is 4.90 Å². The lowest BCUT2D eigenvalue weighted by atomic mass is 10.2. The minimum absolute atomic E-state index is 0.162. The highest BCUT2D eigenvalue weighted by Gasteiger charge is 2.11. The van der Waals surface area contributed by atoms with E-state index in [2.05, 4.69) is 5.32 Å². The van der Waals surface area contributed by atoms with Crippen LogP contribution in [0.25, 0.3) is 0 Å². The van der Waals surface area contributed by atoms with Crippen molar-refractivity contribution in [1.29, 1.82) is 0 Å². The molecule has 17 heavy (non-hydrogen) atoms. The number of benzene rings is 1. The van der Waals surface area contributed by atoms with Crippen molar-refractivity contribution in [2.75, 3.05) is 12.8 Å². The van der Waals surface area contributed by atoms with Gasteiger partial charge in [0.15, 0.2) is 9.84 Å². The van der Waals surface area contributed by atoms with Crippen molar-refractivity contribution in [2.45, 2.75) is 18.7 Å². The van der Waals surface area contributed by atoms with Crippen LogP contribution in [-0.2, 0) is 9.84 Å². The zero-order valence-corrected chi connectivity index (χ0v) is 11.0. The van der Waals surface area contributed by atoms with E-state index in [0.717, 1.165) is 6.26 Å². The molecule has 94 valence electrons. The number of sulfone groups is 1. The van der Waals surface area contributed by atoms with Gasteiger partial charge in [-0.15, -0.1) is 0 Å². The Morgan fingerprint density at radius 2 is 2.00 bits per heavy atom. The Morgan fingerprint density at radius 3 is 2.53 bits per heavy atom. The molecule has 0 heterocycles. The van der Waals surface area contributed by atoms with Crippen LogP contribution in [0.15, 0.2) is 29.2 Å². The molecule has 1 rings (SSSR count). The van der Waals surface area contributed by atoms with Gasteiger partial charge in [-0.2, -0.15) is 0 Å². The average molecular weight is 255 g/mol. The Hall–Kier alpha value is -1.36. The zero-order chi connectivity index (χ0) is 13.1. The van der Waals surface area contributed by atoms with E-state index in [-0.39, 0.29) is 10.8 Å². The van der Waals surface area contributed by atoms with Crippen LogP contribution in [0.4, 0.5) is 0 Å². The highest BCUT2D eigenvalue weighted by molar-refractivity contribution is 7.90. The van der Waals surface area contributed by atoms with Crippen LogP contribution in [0.2, 0.25) is 0 Å².